The van der Waals surface area contributed by atoms with Crippen molar-refractivity contribution in [3.05, 3.63) is 54.1 Å². The number of nitrogens with two attached hydrogens (primary N) is 1. The molecular weight excluding hydrogens is 306 g/mol. The van der Waals surface area contributed by atoms with Crippen LogP contribution in [-0.2, 0) is 0 Å². The Balaban J connectivity index is 1.87. The standard InChI is InChI=1S/C17H19N5O2/c1-23-13-9-8-11(10-14(13)24-2)15-20-16(18)22-17(21-15)19-12-6-4-3-5-7-12/h3-10,15H,1-2H3,(H4,18,19,20,21,22)/t15-/m1/s1. The number of hydrogen-bond acceptors (Lipinski definition) is 7. The summed E-state index contributed by atoms with van der Waals surface area (Å²) in [5, 5.41) is 6.11. The van der Waals surface area contributed by atoms with E-state index in [9.17, 15) is 0 Å². The lowest BCUT2D eigenvalue weighted by Crippen LogP contribution is -2.43. The van der Waals surface area contributed by atoms with Crippen molar-refractivity contribution in [2.45, 2.75) is 6.17 Å². The highest BCUT2D eigenvalue weighted by Gasteiger charge is 2.18. The molecule has 0 amide bonds. The Kier molecular flexibility index (Phi) is 4.51. The molecule has 3 rings (SSSR count). The summed E-state index contributed by atoms with van der Waals surface area (Å²) in [6.45, 7) is 0. The van der Waals surface area contributed by atoms with Crippen LogP contribution in [0.5, 0.6) is 11.5 Å². The Labute approximate surface area is 140 Å². The van der Waals surface area contributed by atoms with Crippen LogP contribution in [0.25, 0.3) is 0 Å². The molecule has 124 valence electrons. The zero-order chi connectivity index (χ0) is 16.9. The van der Waals surface area contributed by atoms with Crippen molar-refractivity contribution in [2.75, 3.05) is 19.5 Å². The molecule has 4 N–H and O–H groups in total. The van der Waals surface area contributed by atoms with E-state index >= 15 is 0 Å². The molecule has 0 spiro atoms. The van der Waals surface area contributed by atoms with Crippen LogP contribution < -0.4 is 25.8 Å². The smallest absolute Gasteiger partial charge is 0.205 e. The van der Waals surface area contributed by atoms with Gasteiger partial charge in [0, 0.05) is 11.3 Å². The van der Waals surface area contributed by atoms with Gasteiger partial charge in [-0.25, -0.2) is 9.98 Å². The number of nitrogens with zero attached hydrogens (tertiary/aromatic N) is 2. The third-order valence-corrected chi connectivity index (χ3v) is 3.50. The molecule has 2 aromatic rings. The zero-order valence-corrected chi connectivity index (χ0v) is 13.5. The first kappa shape index (κ1) is 15.7. The number of anilines is 1. The normalized spacial score (nSPS) is 16.5. The van der Waals surface area contributed by atoms with E-state index in [0.717, 1.165) is 11.3 Å². The summed E-state index contributed by atoms with van der Waals surface area (Å²) in [4.78, 5) is 8.89. The second-order valence-corrected chi connectivity index (χ2v) is 5.10. The van der Waals surface area contributed by atoms with Crippen molar-refractivity contribution in [2.24, 2.45) is 15.7 Å². The molecule has 2 aromatic carbocycles. The van der Waals surface area contributed by atoms with Crippen molar-refractivity contribution in [1.82, 2.24) is 5.32 Å². The number of nitrogens with one attached hydrogen (secondary N) is 2. The van der Waals surface area contributed by atoms with Gasteiger partial charge in [-0.2, -0.15) is 0 Å². The van der Waals surface area contributed by atoms with E-state index in [1.807, 2.05) is 48.5 Å². The molecule has 0 aromatic heterocycles. The van der Waals surface area contributed by atoms with Crippen molar-refractivity contribution in [3.8, 4) is 11.5 Å². The van der Waals surface area contributed by atoms with Crippen LogP contribution in [-0.4, -0.2) is 26.1 Å². The van der Waals surface area contributed by atoms with Crippen LogP contribution >= 0.6 is 0 Å². The molecule has 24 heavy (non-hydrogen) atoms. The molecule has 0 radical (unpaired) electrons. The number of benzene rings is 2. The minimum Gasteiger partial charge on any atom is -0.493 e. The molecule has 0 fully saturated rings. The Bertz CT molecular complexity index is 774. The summed E-state index contributed by atoms with van der Waals surface area (Å²) >= 11 is 0. The summed E-state index contributed by atoms with van der Waals surface area (Å²) in [7, 11) is 3.19. The van der Waals surface area contributed by atoms with Crippen LogP contribution in [0.3, 0.4) is 0 Å². The highest BCUT2D eigenvalue weighted by molar-refractivity contribution is 6.05. The van der Waals surface area contributed by atoms with Crippen LogP contribution in [0.2, 0.25) is 0 Å². The maximum absolute atomic E-state index is 5.90. The van der Waals surface area contributed by atoms with Crippen molar-refractivity contribution < 1.29 is 9.47 Å². The summed E-state index contributed by atoms with van der Waals surface area (Å²) in [5.41, 5.74) is 7.65. The molecule has 1 aliphatic rings. The van der Waals surface area contributed by atoms with E-state index in [1.54, 1.807) is 14.2 Å². The molecule has 1 aliphatic heterocycles. The maximum atomic E-state index is 5.90. The molecule has 0 saturated carbocycles. The van der Waals surface area contributed by atoms with Crippen LogP contribution in [0.4, 0.5) is 5.69 Å². The quantitative estimate of drug-likeness (QED) is 0.800. The van der Waals surface area contributed by atoms with Gasteiger partial charge >= 0.3 is 0 Å². The topological polar surface area (TPSA) is 93.3 Å². The van der Waals surface area contributed by atoms with Gasteiger partial charge in [-0.1, -0.05) is 24.3 Å². The van der Waals surface area contributed by atoms with Gasteiger partial charge in [0.2, 0.25) is 5.96 Å². The maximum Gasteiger partial charge on any atom is 0.205 e. The largest absolute Gasteiger partial charge is 0.493 e. The summed E-state index contributed by atoms with van der Waals surface area (Å²) < 4.78 is 10.6. The average molecular weight is 325 g/mol. The molecule has 0 saturated heterocycles. The summed E-state index contributed by atoms with van der Waals surface area (Å²) in [5.74, 6) is 2.10. The molecular formula is C17H19N5O2. The highest BCUT2D eigenvalue weighted by Crippen LogP contribution is 2.32. The van der Waals surface area contributed by atoms with Gasteiger partial charge in [0.15, 0.2) is 23.6 Å². The Morgan fingerprint density at radius 1 is 1.00 bits per heavy atom. The predicted molar refractivity (Wildman–Crippen MR) is 94.5 cm³/mol. The lowest BCUT2D eigenvalue weighted by molar-refractivity contribution is 0.354. The van der Waals surface area contributed by atoms with Gasteiger partial charge in [0.25, 0.3) is 0 Å². The van der Waals surface area contributed by atoms with Gasteiger partial charge < -0.3 is 20.5 Å². The van der Waals surface area contributed by atoms with Crippen LogP contribution in [0.1, 0.15) is 11.7 Å². The number of methoxy groups -OCH3 is 2. The third kappa shape index (κ3) is 3.40. The molecule has 0 aliphatic carbocycles. The number of rotatable bonds is 4. The number of aliphatic imine (C=N–C) groups is 2. The molecule has 0 bridgehead atoms. The molecule has 1 atom stereocenters. The van der Waals surface area contributed by atoms with Gasteiger partial charge in [0.1, 0.15) is 0 Å². The minimum atomic E-state index is -0.461. The minimum absolute atomic E-state index is 0.295. The second kappa shape index (κ2) is 6.91. The van der Waals surface area contributed by atoms with Crippen molar-refractivity contribution in [3.63, 3.8) is 0 Å². The van der Waals surface area contributed by atoms with Crippen LogP contribution in [0.15, 0.2) is 58.5 Å². The van der Waals surface area contributed by atoms with Crippen LogP contribution in [0, 0.1) is 0 Å². The first-order valence-corrected chi connectivity index (χ1v) is 7.41. The van der Waals surface area contributed by atoms with E-state index in [-0.39, 0.29) is 0 Å². The van der Waals surface area contributed by atoms with E-state index in [4.69, 9.17) is 15.2 Å². The SMILES string of the molecule is COc1ccc([C@@H]2N=C(N)NC(Nc3ccccc3)=N2)cc1OC. The summed E-state index contributed by atoms with van der Waals surface area (Å²) in [6, 6.07) is 15.3. The lowest BCUT2D eigenvalue weighted by Gasteiger charge is -2.21. The zero-order valence-electron chi connectivity index (χ0n) is 13.5. The average Bonchev–Trinajstić information content (AvgIpc) is 2.61. The Morgan fingerprint density at radius 3 is 2.46 bits per heavy atom. The fourth-order valence-electron chi connectivity index (χ4n) is 2.35. The monoisotopic (exact) mass is 325 g/mol. The number of guanidine groups is 2. The molecule has 7 heteroatoms. The van der Waals surface area contributed by atoms with E-state index in [1.165, 1.54) is 0 Å². The lowest BCUT2D eigenvalue weighted by atomic mass is 10.1. The van der Waals surface area contributed by atoms with Gasteiger partial charge in [-0.15, -0.1) is 0 Å². The number of para-hydroxylation sites is 1. The third-order valence-electron chi connectivity index (χ3n) is 3.50. The Hall–Kier alpha value is -3.22. The number of ether oxygens (including phenoxy) is 2. The molecule has 7 nitrogen and oxygen atoms in total. The second-order valence-electron chi connectivity index (χ2n) is 5.10. The van der Waals surface area contributed by atoms with Gasteiger partial charge in [-0.05, 0) is 24.3 Å². The van der Waals surface area contributed by atoms with Crippen molar-refractivity contribution >= 4 is 17.6 Å². The first-order valence-electron chi connectivity index (χ1n) is 7.41. The first-order chi connectivity index (χ1) is 11.7. The molecule has 0 unspecified atom stereocenters. The number of hydrogen-bond donors (Lipinski definition) is 3. The van der Waals surface area contributed by atoms with E-state index in [2.05, 4.69) is 20.6 Å². The highest BCUT2D eigenvalue weighted by atomic mass is 16.5. The fraction of sp³-hybridized carbons (Fsp3) is 0.176. The van der Waals surface area contributed by atoms with Crippen molar-refractivity contribution in [1.29, 1.82) is 0 Å². The summed E-state index contributed by atoms with van der Waals surface area (Å²) in [6.07, 6.45) is -0.461. The van der Waals surface area contributed by atoms with Gasteiger partial charge in [-0.3, -0.25) is 5.32 Å². The van der Waals surface area contributed by atoms with Gasteiger partial charge in [0.05, 0.1) is 14.2 Å². The predicted octanol–water partition coefficient (Wildman–Crippen LogP) is 2.09. The Morgan fingerprint density at radius 2 is 1.75 bits per heavy atom. The van der Waals surface area contributed by atoms with E-state index < -0.39 is 6.17 Å². The fourth-order valence-corrected chi connectivity index (χ4v) is 2.35. The van der Waals surface area contributed by atoms with E-state index in [0.29, 0.717) is 23.4 Å². The molecule has 1 heterocycles.